The van der Waals surface area contributed by atoms with Crippen LogP contribution < -0.4 is 21.3 Å². The molecule has 9 heteroatoms. The van der Waals surface area contributed by atoms with Gasteiger partial charge in [-0.25, -0.2) is 9.79 Å². The van der Waals surface area contributed by atoms with Crippen molar-refractivity contribution in [2.45, 2.75) is 72.1 Å². The topological polar surface area (TPSA) is 104 Å². The van der Waals surface area contributed by atoms with Crippen molar-refractivity contribution in [3.8, 4) is 0 Å². The molecule has 0 aliphatic heterocycles. The Morgan fingerprint density at radius 1 is 1.06 bits per heavy atom. The van der Waals surface area contributed by atoms with E-state index in [1.807, 2.05) is 59.7 Å². The minimum atomic E-state index is -0.551. The van der Waals surface area contributed by atoms with Crippen LogP contribution in [0.15, 0.2) is 29.3 Å². The third-order valence-electron chi connectivity index (χ3n) is 4.89. The minimum absolute atomic E-state index is 0. The summed E-state index contributed by atoms with van der Waals surface area (Å²) in [7, 11) is 1.61. The Morgan fingerprint density at radius 2 is 1.72 bits per heavy atom. The predicted molar refractivity (Wildman–Crippen MR) is 141 cm³/mol. The number of hydrogen-bond acceptors (Lipinski definition) is 4. The summed E-state index contributed by atoms with van der Waals surface area (Å²) in [4.78, 5) is 28.8. The highest BCUT2D eigenvalue weighted by Crippen LogP contribution is 2.16. The molecule has 2 amide bonds. The number of nitrogens with zero attached hydrogens (tertiary/aromatic N) is 1. The number of guanidine groups is 1. The first-order valence-corrected chi connectivity index (χ1v) is 10.9. The van der Waals surface area contributed by atoms with E-state index in [4.69, 9.17) is 4.74 Å². The van der Waals surface area contributed by atoms with E-state index in [0.717, 1.165) is 18.4 Å². The number of carbonyl (C=O) groups excluding carboxylic acids is 2. The third-order valence-corrected chi connectivity index (χ3v) is 4.89. The van der Waals surface area contributed by atoms with E-state index in [0.29, 0.717) is 31.2 Å². The minimum Gasteiger partial charge on any atom is -0.444 e. The molecular weight excluding hydrogens is 521 g/mol. The van der Waals surface area contributed by atoms with Gasteiger partial charge in [0.2, 0.25) is 0 Å². The Balaban J connectivity index is 0.00000961. The summed E-state index contributed by atoms with van der Waals surface area (Å²) in [6.07, 6.45) is 1.05. The monoisotopic (exact) mass is 561 g/mol. The van der Waals surface area contributed by atoms with Crippen LogP contribution in [0.5, 0.6) is 0 Å². The molecule has 1 rings (SSSR count). The van der Waals surface area contributed by atoms with Crippen LogP contribution in [0.25, 0.3) is 0 Å². The summed E-state index contributed by atoms with van der Waals surface area (Å²) in [5, 5.41) is 12.2. The first-order valence-electron chi connectivity index (χ1n) is 10.9. The van der Waals surface area contributed by atoms with Crippen LogP contribution in [0.4, 0.5) is 4.79 Å². The van der Waals surface area contributed by atoms with Gasteiger partial charge in [0.1, 0.15) is 5.60 Å². The van der Waals surface area contributed by atoms with Gasteiger partial charge in [-0.2, -0.15) is 0 Å². The standard InChI is InChI=1S/C23H39N5O3.HI/c1-8-23(9-2,28-21(30)31-22(4,5)6)16-27-20(25-10-3)26-15-17-12-11-13-18(14-17)19(29)24-7;/h11-14H,8-10,15-16H2,1-7H3,(H,24,29)(H,28,30)(H2,25,26,27);1H. The van der Waals surface area contributed by atoms with Crippen molar-refractivity contribution in [1.29, 1.82) is 0 Å². The van der Waals surface area contributed by atoms with Crippen LogP contribution in [0.1, 0.15) is 70.3 Å². The fraction of sp³-hybridized carbons (Fsp3) is 0.609. The number of ether oxygens (including phenoxy) is 1. The van der Waals surface area contributed by atoms with E-state index in [-0.39, 0.29) is 29.9 Å². The average Bonchev–Trinajstić information content (AvgIpc) is 2.73. The molecule has 8 nitrogen and oxygen atoms in total. The fourth-order valence-corrected chi connectivity index (χ4v) is 2.96. The summed E-state index contributed by atoms with van der Waals surface area (Å²) in [5.41, 5.74) is 0.523. The van der Waals surface area contributed by atoms with Crippen molar-refractivity contribution in [2.75, 3.05) is 20.1 Å². The molecule has 0 aliphatic rings. The van der Waals surface area contributed by atoms with E-state index in [9.17, 15) is 9.59 Å². The molecule has 0 atom stereocenters. The van der Waals surface area contributed by atoms with Gasteiger partial charge < -0.3 is 26.0 Å². The van der Waals surface area contributed by atoms with Gasteiger partial charge in [-0.1, -0.05) is 26.0 Å². The molecule has 0 heterocycles. The Morgan fingerprint density at radius 3 is 2.25 bits per heavy atom. The normalized spacial score (nSPS) is 11.8. The Hall–Kier alpha value is -2.04. The zero-order valence-corrected chi connectivity index (χ0v) is 22.8. The van der Waals surface area contributed by atoms with Crippen molar-refractivity contribution in [3.63, 3.8) is 0 Å². The lowest BCUT2D eigenvalue weighted by molar-refractivity contribution is 0.0448. The molecule has 0 saturated heterocycles. The second-order valence-corrected chi connectivity index (χ2v) is 8.44. The summed E-state index contributed by atoms with van der Waals surface area (Å²) in [6, 6.07) is 7.39. The molecule has 0 radical (unpaired) electrons. The summed E-state index contributed by atoms with van der Waals surface area (Å²) >= 11 is 0. The van der Waals surface area contributed by atoms with Crippen molar-refractivity contribution < 1.29 is 14.3 Å². The highest BCUT2D eigenvalue weighted by molar-refractivity contribution is 14.0. The largest absolute Gasteiger partial charge is 0.444 e. The highest BCUT2D eigenvalue weighted by atomic mass is 127. The molecule has 0 fully saturated rings. The molecule has 1 aromatic rings. The third kappa shape index (κ3) is 10.5. The van der Waals surface area contributed by atoms with E-state index in [2.05, 4.69) is 26.3 Å². The SMILES string of the molecule is CCNC(=NCc1cccc(C(=O)NC)c1)NCC(CC)(CC)NC(=O)OC(C)(C)C.I. The Labute approximate surface area is 209 Å². The van der Waals surface area contributed by atoms with Gasteiger partial charge in [0.15, 0.2) is 5.96 Å². The molecule has 1 aromatic carbocycles. The zero-order valence-electron chi connectivity index (χ0n) is 20.4. The van der Waals surface area contributed by atoms with Crippen molar-refractivity contribution >= 4 is 41.9 Å². The van der Waals surface area contributed by atoms with Gasteiger partial charge in [-0.3, -0.25) is 4.79 Å². The van der Waals surface area contributed by atoms with Crippen LogP contribution in [-0.2, 0) is 11.3 Å². The Bertz CT molecular complexity index is 758. The molecule has 0 aromatic heterocycles. The molecule has 4 N–H and O–H groups in total. The number of amides is 2. The number of benzene rings is 1. The van der Waals surface area contributed by atoms with Gasteiger partial charge in [0.25, 0.3) is 5.91 Å². The first kappa shape index (κ1) is 30.0. The number of halogens is 1. The first-order chi connectivity index (χ1) is 14.6. The number of rotatable bonds is 9. The van der Waals surface area contributed by atoms with Crippen LogP contribution >= 0.6 is 24.0 Å². The van der Waals surface area contributed by atoms with Crippen LogP contribution in [0.2, 0.25) is 0 Å². The van der Waals surface area contributed by atoms with Gasteiger partial charge in [0.05, 0.1) is 12.1 Å². The molecule has 0 saturated carbocycles. The lowest BCUT2D eigenvalue weighted by Crippen LogP contribution is -2.57. The second kappa shape index (κ2) is 14.2. The van der Waals surface area contributed by atoms with Crippen molar-refractivity contribution in [3.05, 3.63) is 35.4 Å². The van der Waals surface area contributed by atoms with Crippen LogP contribution in [0.3, 0.4) is 0 Å². The van der Waals surface area contributed by atoms with Crippen LogP contribution in [0, 0.1) is 0 Å². The number of alkyl carbamates (subject to hydrolysis) is 1. The molecular formula is C23H40IN5O3. The highest BCUT2D eigenvalue weighted by Gasteiger charge is 2.30. The lowest BCUT2D eigenvalue weighted by atomic mass is 9.93. The fourth-order valence-electron chi connectivity index (χ4n) is 2.96. The lowest BCUT2D eigenvalue weighted by Gasteiger charge is -2.34. The molecule has 0 bridgehead atoms. The Kier molecular flexibility index (Phi) is 13.3. The maximum Gasteiger partial charge on any atom is 0.408 e. The van der Waals surface area contributed by atoms with E-state index in [1.165, 1.54) is 0 Å². The van der Waals surface area contributed by atoms with E-state index < -0.39 is 17.2 Å². The predicted octanol–water partition coefficient (Wildman–Crippen LogP) is 3.80. The smallest absolute Gasteiger partial charge is 0.408 e. The van der Waals surface area contributed by atoms with Crippen molar-refractivity contribution in [2.24, 2.45) is 4.99 Å². The van der Waals surface area contributed by atoms with Gasteiger partial charge in [-0.05, 0) is 58.2 Å². The zero-order chi connectivity index (χ0) is 23.5. The van der Waals surface area contributed by atoms with Gasteiger partial charge in [0, 0.05) is 25.7 Å². The van der Waals surface area contributed by atoms with Gasteiger partial charge >= 0.3 is 6.09 Å². The maximum atomic E-state index is 12.3. The number of aliphatic imine (C=N–C) groups is 1. The molecule has 0 spiro atoms. The average molecular weight is 562 g/mol. The molecule has 0 unspecified atom stereocenters. The molecule has 182 valence electrons. The number of carbonyl (C=O) groups is 2. The summed E-state index contributed by atoms with van der Waals surface area (Å²) < 4.78 is 5.44. The number of nitrogens with one attached hydrogen (secondary N) is 4. The quantitative estimate of drug-likeness (QED) is 0.209. The van der Waals surface area contributed by atoms with E-state index >= 15 is 0 Å². The summed E-state index contributed by atoms with van der Waals surface area (Å²) in [6.45, 7) is 13.2. The number of hydrogen-bond donors (Lipinski definition) is 4. The maximum absolute atomic E-state index is 12.3. The summed E-state index contributed by atoms with van der Waals surface area (Å²) in [5.74, 6) is 0.518. The van der Waals surface area contributed by atoms with Gasteiger partial charge in [-0.15, -0.1) is 24.0 Å². The second-order valence-electron chi connectivity index (χ2n) is 8.44. The molecule has 32 heavy (non-hydrogen) atoms. The molecule has 0 aliphatic carbocycles. The van der Waals surface area contributed by atoms with E-state index in [1.54, 1.807) is 13.1 Å². The van der Waals surface area contributed by atoms with Crippen molar-refractivity contribution in [1.82, 2.24) is 21.3 Å². The van der Waals surface area contributed by atoms with Crippen LogP contribution in [-0.4, -0.2) is 49.2 Å².